The second kappa shape index (κ2) is 27.6. The van der Waals surface area contributed by atoms with Crippen molar-refractivity contribution in [3.8, 4) is 23.0 Å². The van der Waals surface area contributed by atoms with Crippen LogP contribution in [0.4, 0.5) is 0 Å². The number of phenolic OH excluding ortho intramolecular Hbond substituents is 4. The molecule has 0 amide bonds. The van der Waals surface area contributed by atoms with Crippen LogP contribution >= 0.6 is 0 Å². The first-order valence-electron chi connectivity index (χ1n) is 31.1. The predicted molar refractivity (Wildman–Crippen MR) is 341 cm³/mol. The molecule has 8 heteroatoms. The first-order chi connectivity index (χ1) is 37.5. The summed E-state index contributed by atoms with van der Waals surface area (Å²) in [7, 11) is 0. The summed E-state index contributed by atoms with van der Waals surface area (Å²) < 4.78 is 0. The van der Waals surface area contributed by atoms with Gasteiger partial charge in [0.25, 0.3) is 0 Å². The van der Waals surface area contributed by atoms with Gasteiger partial charge in [0.1, 0.15) is 46.1 Å². The molecule has 8 nitrogen and oxygen atoms in total. The molecule has 0 radical (unpaired) electrons. The highest BCUT2D eigenvalue weighted by Crippen LogP contribution is 2.45. The van der Waals surface area contributed by atoms with Gasteiger partial charge in [-0.3, -0.25) is 19.2 Å². The molecule has 0 bridgehead atoms. The van der Waals surface area contributed by atoms with Crippen molar-refractivity contribution in [1.82, 2.24) is 0 Å². The summed E-state index contributed by atoms with van der Waals surface area (Å²) in [6.45, 7) is 43.6. The number of benzene rings is 4. The number of rotatable bonds is 27. The van der Waals surface area contributed by atoms with E-state index in [1.54, 1.807) is 0 Å². The van der Waals surface area contributed by atoms with E-state index in [0.717, 1.165) is 66.8 Å². The van der Waals surface area contributed by atoms with Gasteiger partial charge in [-0.05, 0) is 168 Å². The summed E-state index contributed by atoms with van der Waals surface area (Å²) in [5.41, 5.74) is 8.61. The van der Waals surface area contributed by atoms with E-state index >= 15 is 0 Å². The van der Waals surface area contributed by atoms with E-state index in [1.165, 1.54) is 0 Å². The lowest BCUT2D eigenvalue weighted by Gasteiger charge is -2.34. The average Bonchev–Trinajstić information content (AvgIpc) is 3.56. The van der Waals surface area contributed by atoms with Gasteiger partial charge in [0, 0.05) is 51.4 Å². The zero-order valence-electron chi connectivity index (χ0n) is 55.1. The maximum atomic E-state index is 14.4. The second-order valence-electron chi connectivity index (χ2n) is 30.7. The number of aryl methyl sites for hydroxylation is 4. The van der Waals surface area contributed by atoms with Gasteiger partial charge in [0.05, 0.1) is 0 Å². The van der Waals surface area contributed by atoms with Crippen LogP contribution in [0.2, 0.25) is 0 Å². The highest BCUT2D eigenvalue weighted by atomic mass is 16.3. The lowest BCUT2D eigenvalue weighted by Crippen LogP contribution is -2.26. The molecule has 0 aliphatic heterocycles. The van der Waals surface area contributed by atoms with Gasteiger partial charge in [0.15, 0.2) is 0 Å². The quantitative estimate of drug-likeness (QED) is 0.0461. The van der Waals surface area contributed by atoms with Crippen molar-refractivity contribution in [3.63, 3.8) is 0 Å². The molecule has 4 rings (SSSR count). The fraction of sp³-hybridized carbons (Fsp3) is 0.622. The summed E-state index contributed by atoms with van der Waals surface area (Å²) in [5.74, 6) is 1.80. The summed E-state index contributed by atoms with van der Waals surface area (Å²) in [6, 6.07) is 16.3. The Morgan fingerprint density at radius 3 is 0.671 bits per heavy atom. The number of carbonyl (C=O) groups excluding carboxylic acids is 4. The van der Waals surface area contributed by atoms with Crippen LogP contribution in [0.25, 0.3) is 0 Å². The molecule has 0 saturated carbocycles. The molecule has 0 spiro atoms. The zero-order chi connectivity index (χ0) is 62.2. The SMILES string of the molecule is CC(C)c1cc(CCC(=O)CCC(CCC(=O)CCc2cc(C(C)C)c(O)c(C(C)(C)C)c2)(CCC(=O)CCc2cc(C(C)C)c(O)c(C(C)(C)C)c2)CCC(=O)CCc2cc(C(C)(C)C)c(O)c(C(C)(C)C)c2)cc(C(C)(C)C)c1O. The molecule has 4 aromatic carbocycles. The van der Waals surface area contributed by atoms with Gasteiger partial charge in [-0.1, -0.05) is 194 Å². The fourth-order valence-electron chi connectivity index (χ4n) is 11.6. The number of ketones is 4. The van der Waals surface area contributed by atoms with E-state index in [2.05, 4.69) is 145 Å². The molecule has 454 valence electrons. The van der Waals surface area contributed by atoms with Crippen molar-refractivity contribution in [2.24, 2.45) is 5.41 Å². The first kappa shape index (κ1) is 69.3. The van der Waals surface area contributed by atoms with E-state index in [-0.39, 0.29) is 100 Å². The monoisotopic (exact) mass is 1130 g/mol. The van der Waals surface area contributed by atoms with Gasteiger partial charge in [-0.2, -0.15) is 0 Å². The van der Waals surface area contributed by atoms with Gasteiger partial charge in [-0.25, -0.2) is 0 Å². The molecule has 0 aliphatic carbocycles. The average molecular weight is 1130 g/mol. The highest BCUT2D eigenvalue weighted by Gasteiger charge is 2.34. The summed E-state index contributed by atoms with van der Waals surface area (Å²) in [6.07, 6.45) is 5.84. The van der Waals surface area contributed by atoms with Crippen molar-refractivity contribution in [2.75, 3.05) is 0 Å². The lowest BCUT2D eigenvalue weighted by atomic mass is 9.70. The molecule has 0 fully saturated rings. The highest BCUT2D eigenvalue weighted by molar-refractivity contribution is 5.81. The lowest BCUT2D eigenvalue weighted by molar-refractivity contribution is -0.120. The molecule has 0 unspecified atom stereocenters. The summed E-state index contributed by atoms with van der Waals surface area (Å²) in [4.78, 5) is 57.4. The topological polar surface area (TPSA) is 149 Å². The largest absolute Gasteiger partial charge is 0.507 e. The second-order valence-corrected chi connectivity index (χ2v) is 30.7. The number of hydrogen-bond acceptors (Lipinski definition) is 8. The van der Waals surface area contributed by atoms with Crippen LogP contribution in [0.15, 0.2) is 48.5 Å². The molecular weight excluding hydrogens is 1020 g/mol. The van der Waals surface area contributed by atoms with Gasteiger partial charge < -0.3 is 20.4 Å². The van der Waals surface area contributed by atoms with E-state index < -0.39 is 5.41 Å². The predicted octanol–water partition coefficient (Wildman–Crippen LogP) is 18.6. The van der Waals surface area contributed by atoms with Crippen LogP contribution in [0.3, 0.4) is 0 Å². The standard InChI is InChI=1S/C74H110O8/c1-46(2)57-38-49(41-60(65(57)79)69(7,8)9)22-26-53(75)30-34-74(35-31-54(76)27-23-50-39-58(47(3)4)66(80)61(42-50)70(10,11)12,36-32-55(77)28-24-51-40-59(48(5)6)67(81)62(43-51)71(13,14)15)37-33-56(78)29-25-52-44-63(72(16,17)18)68(82)64(45-52)73(19,20)21/h38-48,79-82H,22-37H2,1-21H3. The van der Waals surface area contributed by atoms with Crippen LogP contribution in [-0.4, -0.2) is 43.6 Å². The fourth-order valence-corrected chi connectivity index (χ4v) is 11.6. The minimum atomic E-state index is -0.678. The molecule has 4 aromatic rings. The number of carbonyl (C=O) groups is 4. The van der Waals surface area contributed by atoms with Gasteiger partial charge >= 0.3 is 0 Å². The van der Waals surface area contributed by atoms with Crippen molar-refractivity contribution in [2.45, 2.75) is 293 Å². The van der Waals surface area contributed by atoms with Crippen molar-refractivity contribution < 1.29 is 39.6 Å². The van der Waals surface area contributed by atoms with Crippen molar-refractivity contribution >= 4 is 23.1 Å². The van der Waals surface area contributed by atoms with E-state index in [1.807, 2.05) is 48.5 Å². The molecule has 4 N–H and O–H groups in total. The summed E-state index contributed by atoms with van der Waals surface area (Å²) >= 11 is 0. The maximum absolute atomic E-state index is 14.4. The third kappa shape index (κ3) is 19.4. The van der Waals surface area contributed by atoms with Crippen molar-refractivity contribution in [1.29, 1.82) is 0 Å². The zero-order valence-corrected chi connectivity index (χ0v) is 55.1. The van der Waals surface area contributed by atoms with Crippen LogP contribution in [0, 0.1) is 5.41 Å². The van der Waals surface area contributed by atoms with E-state index in [4.69, 9.17) is 0 Å². The first-order valence-corrected chi connectivity index (χ1v) is 31.1. The molecule has 0 aromatic heterocycles. The minimum absolute atomic E-state index is 0.0739. The Bertz CT molecular complexity index is 2610. The third-order valence-corrected chi connectivity index (χ3v) is 17.2. The maximum Gasteiger partial charge on any atom is 0.133 e. The third-order valence-electron chi connectivity index (χ3n) is 17.2. The van der Waals surface area contributed by atoms with Gasteiger partial charge in [-0.15, -0.1) is 0 Å². The van der Waals surface area contributed by atoms with Crippen LogP contribution in [-0.2, 0) is 71.9 Å². The van der Waals surface area contributed by atoms with Crippen LogP contribution < -0.4 is 0 Å². The van der Waals surface area contributed by atoms with Gasteiger partial charge in [0.2, 0.25) is 0 Å². The van der Waals surface area contributed by atoms with E-state index in [9.17, 15) is 39.6 Å². The Morgan fingerprint density at radius 1 is 0.305 bits per heavy atom. The smallest absolute Gasteiger partial charge is 0.133 e. The molecule has 82 heavy (non-hydrogen) atoms. The summed E-state index contributed by atoms with van der Waals surface area (Å²) in [5, 5.41) is 45.4. The number of Topliss-reactive ketones (excluding diaryl/α,β-unsaturated/α-hetero) is 4. The van der Waals surface area contributed by atoms with Crippen molar-refractivity contribution in [3.05, 3.63) is 115 Å². The molecule has 0 aliphatic rings. The molecule has 0 atom stereocenters. The number of aromatic hydroxyl groups is 4. The van der Waals surface area contributed by atoms with Crippen LogP contribution in [0.5, 0.6) is 23.0 Å². The normalized spacial score (nSPS) is 13.0. The molecular formula is C74H110O8. The Hall–Kier alpha value is -5.24. The molecule has 0 heterocycles. The Morgan fingerprint density at radius 2 is 0.488 bits per heavy atom. The Kier molecular flexibility index (Phi) is 23.3. The van der Waals surface area contributed by atoms with Crippen LogP contribution in [0.1, 0.15) is 307 Å². The number of phenols is 4. The minimum Gasteiger partial charge on any atom is -0.507 e. The molecule has 0 saturated heterocycles. The Balaban J connectivity index is 1.73. The number of hydrogen-bond donors (Lipinski definition) is 4. The van der Waals surface area contributed by atoms with E-state index in [0.29, 0.717) is 93.6 Å². The Labute approximate surface area is 497 Å².